The van der Waals surface area contributed by atoms with E-state index in [0.29, 0.717) is 11.3 Å². The molecule has 0 saturated heterocycles. The van der Waals surface area contributed by atoms with Crippen LogP contribution in [0.3, 0.4) is 0 Å². The van der Waals surface area contributed by atoms with Crippen LogP contribution in [0.15, 0.2) is 24.3 Å². The van der Waals surface area contributed by atoms with E-state index in [4.69, 9.17) is 4.74 Å². The molecule has 2 rings (SSSR count). The van der Waals surface area contributed by atoms with Gasteiger partial charge in [0.15, 0.2) is 5.60 Å². The maximum absolute atomic E-state index is 11.5. The molecule has 1 aromatic carbocycles. The minimum absolute atomic E-state index is 0.220. The molecule has 1 aliphatic carbocycles. The summed E-state index contributed by atoms with van der Waals surface area (Å²) in [6.07, 6.45) is 3.45. The lowest BCUT2D eigenvalue weighted by atomic mass is 9.80. The first kappa shape index (κ1) is 12.9. The van der Waals surface area contributed by atoms with Gasteiger partial charge in [-0.25, -0.2) is 4.79 Å². The van der Waals surface area contributed by atoms with Gasteiger partial charge in [-0.05, 0) is 30.5 Å². The third-order valence-corrected chi connectivity index (χ3v) is 3.78. The molecule has 2 N–H and O–H groups in total. The Labute approximate surface area is 106 Å². The molecule has 18 heavy (non-hydrogen) atoms. The quantitative estimate of drug-likeness (QED) is 0.859. The van der Waals surface area contributed by atoms with E-state index in [1.165, 1.54) is 7.11 Å². The Morgan fingerprint density at radius 3 is 2.61 bits per heavy atom. The Kier molecular flexibility index (Phi) is 3.57. The fourth-order valence-electron chi connectivity index (χ4n) is 2.74. The maximum Gasteiger partial charge on any atom is 0.340 e. The van der Waals surface area contributed by atoms with E-state index in [1.807, 2.05) is 0 Å². The fourth-order valence-corrected chi connectivity index (χ4v) is 2.74. The van der Waals surface area contributed by atoms with Crippen LogP contribution in [-0.2, 0) is 10.4 Å². The van der Waals surface area contributed by atoms with Gasteiger partial charge < -0.3 is 14.9 Å². The van der Waals surface area contributed by atoms with Crippen molar-refractivity contribution >= 4 is 5.97 Å². The zero-order valence-corrected chi connectivity index (χ0v) is 10.4. The minimum atomic E-state index is -1.80. The Bertz CT molecular complexity index is 437. The van der Waals surface area contributed by atoms with E-state index < -0.39 is 11.6 Å². The number of benzene rings is 1. The summed E-state index contributed by atoms with van der Waals surface area (Å²) >= 11 is 0. The molecule has 1 aliphatic rings. The van der Waals surface area contributed by atoms with Crippen LogP contribution in [0.1, 0.15) is 31.2 Å². The number of hydrogen-bond donors (Lipinski definition) is 2. The normalized spacial score (nSPS) is 19.4. The molecule has 4 nitrogen and oxygen atoms in total. The molecule has 1 aromatic rings. The molecule has 0 spiro atoms. The van der Waals surface area contributed by atoms with E-state index in [0.717, 1.165) is 25.7 Å². The lowest BCUT2D eigenvalue weighted by molar-refractivity contribution is -0.166. The van der Waals surface area contributed by atoms with Gasteiger partial charge in [0, 0.05) is 5.92 Å². The molecule has 0 aromatic heterocycles. The second kappa shape index (κ2) is 4.98. The van der Waals surface area contributed by atoms with Crippen LogP contribution in [0.2, 0.25) is 0 Å². The highest BCUT2D eigenvalue weighted by Gasteiger charge is 2.46. The molecular weight excluding hydrogens is 232 g/mol. The Hall–Kier alpha value is -1.55. The first-order chi connectivity index (χ1) is 8.59. The van der Waals surface area contributed by atoms with Gasteiger partial charge in [-0.3, -0.25) is 0 Å². The van der Waals surface area contributed by atoms with Crippen LogP contribution in [0, 0.1) is 5.92 Å². The van der Waals surface area contributed by atoms with Gasteiger partial charge in [0.05, 0.1) is 7.11 Å². The van der Waals surface area contributed by atoms with Gasteiger partial charge in [-0.2, -0.15) is 0 Å². The molecule has 1 saturated carbocycles. The molecule has 0 radical (unpaired) electrons. The smallest absolute Gasteiger partial charge is 0.340 e. The second-order valence-corrected chi connectivity index (χ2v) is 4.78. The van der Waals surface area contributed by atoms with E-state index in [9.17, 15) is 15.0 Å². The molecule has 98 valence electrons. The molecule has 1 atom stereocenters. The molecule has 1 unspecified atom stereocenters. The number of carboxylic acids is 1. The Morgan fingerprint density at radius 2 is 2.06 bits per heavy atom. The first-order valence-corrected chi connectivity index (χ1v) is 6.19. The number of aliphatic carboxylic acids is 1. The van der Waals surface area contributed by atoms with Gasteiger partial charge in [0.2, 0.25) is 0 Å². The van der Waals surface area contributed by atoms with Crippen molar-refractivity contribution in [2.45, 2.75) is 31.3 Å². The topological polar surface area (TPSA) is 66.8 Å². The number of ether oxygens (including phenoxy) is 1. The molecule has 4 heteroatoms. The Balaban J connectivity index is 2.42. The van der Waals surface area contributed by atoms with E-state index in [-0.39, 0.29) is 5.92 Å². The van der Waals surface area contributed by atoms with Gasteiger partial charge in [0.1, 0.15) is 5.75 Å². The molecule has 0 bridgehead atoms. The first-order valence-electron chi connectivity index (χ1n) is 6.19. The molecule has 1 fully saturated rings. The summed E-state index contributed by atoms with van der Waals surface area (Å²) < 4.78 is 5.09. The van der Waals surface area contributed by atoms with Crippen molar-refractivity contribution in [1.82, 2.24) is 0 Å². The van der Waals surface area contributed by atoms with Crippen LogP contribution < -0.4 is 4.74 Å². The zero-order valence-electron chi connectivity index (χ0n) is 10.4. The summed E-state index contributed by atoms with van der Waals surface area (Å²) in [5.74, 6) is -0.838. The lowest BCUT2D eigenvalue weighted by Gasteiger charge is -2.30. The van der Waals surface area contributed by atoms with Crippen LogP contribution in [0.5, 0.6) is 5.75 Å². The molecular formula is C14H18O4. The van der Waals surface area contributed by atoms with Crippen molar-refractivity contribution < 1.29 is 19.7 Å². The van der Waals surface area contributed by atoms with Crippen LogP contribution >= 0.6 is 0 Å². The van der Waals surface area contributed by atoms with E-state index >= 15 is 0 Å². The fraction of sp³-hybridized carbons (Fsp3) is 0.500. The summed E-state index contributed by atoms with van der Waals surface area (Å²) in [4.78, 5) is 11.5. The van der Waals surface area contributed by atoms with Gasteiger partial charge >= 0.3 is 5.97 Å². The van der Waals surface area contributed by atoms with Crippen molar-refractivity contribution in [3.8, 4) is 5.75 Å². The average molecular weight is 250 g/mol. The van der Waals surface area contributed by atoms with Crippen LogP contribution in [0.4, 0.5) is 0 Å². The monoisotopic (exact) mass is 250 g/mol. The summed E-state index contributed by atoms with van der Waals surface area (Å²) in [7, 11) is 1.52. The lowest BCUT2D eigenvalue weighted by Crippen LogP contribution is -2.42. The highest BCUT2D eigenvalue weighted by Crippen LogP contribution is 2.41. The summed E-state index contributed by atoms with van der Waals surface area (Å²) in [5, 5.41) is 20.0. The molecule has 0 heterocycles. The zero-order chi connectivity index (χ0) is 13.2. The van der Waals surface area contributed by atoms with Gasteiger partial charge in [-0.15, -0.1) is 0 Å². The summed E-state index contributed by atoms with van der Waals surface area (Å²) in [6, 6.07) is 6.69. The number of hydrogen-bond acceptors (Lipinski definition) is 3. The van der Waals surface area contributed by atoms with Crippen molar-refractivity contribution in [1.29, 1.82) is 0 Å². The third-order valence-electron chi connectivity index (χ3n) is 3.78. The Morgan fingerprint density at radius 1 is 1.39 bits per heavy atom. The van der Waals surface area contributed by atoms with Crippen molar-refractivity contribution in [3.05, 3.63) is 29.8 Å². The van der Waals surface area contributed by atoms with E-state index in [1.54, 1.807) is 24.3 Å². The summed E-state index contributed by atoms with van der Waals surface area (Å²) in [6.45, 7) is 0. The number of rotatable bonds is 4. The standard InChI is InChI=1S/C14H18O4/c1-18-12-8-4-7-11(9-12)14(17,13(15)16)10-5-2-3-6-10/h4,7-10,17H,2-3,5-6H2,1H3,(H,15,16). The number of carbonyl (C=O) groups is 1. The SMILES string of the molecule is COc1cccc(C(O)(C(=O)O)C2CCCC2)c1. The number of carboxylic acid groups (broad SMARTS) is 1. The van der Waals surface area contributed by atoms with Crippen molar-refractivity contribution in [2.24, 2.45) is 5.92 Å². The van der Waals surface area contributed by atoms with Crippen molar-refractivity contribution in [3.63, 3.8) is 0 Å². The average Bonchev–Trinajstić information content (AvgIpc) is 2.91. The van der Waals surface area contributed by atoms with Gasteiger partial charge in [-0.1, -0.05) is 25.0 Å². The van der Waals surface area contributed by atoms with Crippen molar-refractivity contribution in [2.75, 3.05) is 7.11 Å². The van der Waals surface area contributed by atoms with Crippen LogP contribution in [-0.4, -0.2) is 23.3 Å². The molecule has 0 amide bonds. The number of methoxy groups -OCH3 is 1. The predicted molar refractivity (Wildman–Crippen MR) is 66.5 cm³/mol. The second-order valence-electron chi connectivity index (χ2n) is 4.78. The highest BCUT2D eigenvalue weighted by atomic mass is 16.5. The van der Waals surface area contributed by atoms with Gasteiger partial charge in [0.25, 0.3) is 0 Å². The molecule has 0 aliphatic heterocycles. The maximum atomic E-state index is 11.5. The highest BCUT2D eigenvalue weighted by molar-refractivity contribution is 5.79. The van der Waals surface area contributed by atoms with E-state index in [2.05, 4.69) is 0 Å². The summed E-state index contributed by atoms with van der Waals surface area (Å²) in [5.41, 5.74) is -1.40. The largest absolute Gasteiger partial charge is 0.497 e. The number of aliphatic hydroxyl groups is 1. The predicted octanol–water partition coefficient (Wildman–Crippen LogP) is 2.16. The van der Waals surface area contributed by atoms with Crippen LogP contribution in [0.25, 0.3) is 0 Å². The minimum Gasteiger partial charge on any atom is -0.497 e. The third kappa shape index (κ3) is 2.08.